The van der Waals surface area contributed by atoms with Crippen LogP contribution < -0.4 is 50.4 Å². The number of Topliss-reactive ketones (excluding diaryl/α,β-unsaturated/α-hetero) is 3. The maximum absolute atomic E-state index is 13.9. The Morgan fingerprint density at radius 3 is 0.877 bits per heavy atom. The van der Waals surface area contributed by atoms with Crippen LogP contribution in [0.5, 0.6) is 0 Å². The highest BCUT2D eigenvalue weighted by Crippen LogP contribution is 2.35. The number of anilines is 3. The Balaban J connectivity index is 1.31. The Morgan fingerprint density at radius 2 is 0.658 bits per heavy atom. The molecule has 0 aliphatic rings. The first-order valence-corrected chi connectivity index (χ1v) is 23.8. The number of amides is 3. The minimum atomic E-state index is -1.98. The van der Waals surface area contributed by atoms with Crippen molar-refractivity contribution in [3.8, 4) is 0 Å². The molecule has 0 aliphatic carbocycles. The molecule has 21 heteroatoms. The number of benzene rings is 3. The molecule has 0 saturated heterocycles. The third-order valence-corrected chi connectivity index (χ3v) is 12.4. The first-order chi connectivity index (χ1) is 35.2. The summed E-state index contributed by atoms with van der Waals surface area (Å²) in [5, 5.41) is 8.43. The predicted molar refractivity (Wildman–Crippen MR) is 275 cm³/mol. The van der Waals surface area contributed by atoms with Gasteiger partial charge in [-0.1, -0.05) is 36.4 Å². The number of ketones is 3. The number of nitrogens with one attached hydrogen (secondary N) is 3. The van der Waals surface area contributed by atoms with Crippen LogP contribution in [0.2, 0.25) is 0 Å². The summed E-state index contributed by atoms with van der Waals surface area (Å²) >= 11 is 0. The Bertz CT molecular complexity index is 2500. The lowest BCUT2D eigenvalue weighted by Crippen LogP contribution is -2.57. The number of aromatic nitrogens is 6. The number of carbonyl (C=O) groups excluding carboxylic acids is 6. The van der Waals surface area contributed by atoms with Gasteiger partial charge in [0, 0.05) is 60.2 Å². The van der Waals surface area contributed by atoms with E-state index in [0.29, 0.717) is 75.2 Å². The normalized spacial score (nSPS) is 13.7. The molecule has 6 aromatic rings. The molecule has 73 heavy (non-hydrogen) atoms. The molecule has 0 fully saturated rings. The van der Waals surface area contributed by atoms with Gasteiger partial charge >= 0.3 is 0 Å². The van der Waals surface area contributed by atoms with Crippen LogP contribution in [0.15, 0.2) is 129 Å². The van der Waals surface area contributed by atoms with Crippen LogP contribution in [-0.4, -0.2) is 101 Å². The summed E-state index contributed by atoms with van der Waals surface area (Å²) in [5.41, 5.74) is 34.2. The van der Waals surface area contributed by atoms with Crippen LogP contribution in [0.4, 0.5) is 17.1 Å². The van der Waals surface area contributed by atoms with Crippen molar-refractivity contribution < 1.29 is 28.8 Å². The van der Waals surface area contributed by atoms with Crippen molar-refractivity contribution in [3.05, 3.63) is 162 Å². The Labute approximate surface area is 422 Å². The summed E-state index contributed by atoms with van der Waals surface area (Å²) in [5.74, 6) is -4.78. The van der Waals surface area contributed by atoms with E-state index >= 15 is 0 Å². The van der Waals surface area contributed by atoms with Gasteiger partial charge < -0.3 is 50.4 Å². The third-order valence-electron chi connectivity index (χ3n) is 12.4. The molecular weight excluding hydrogens is 931 g/mol. The molecule has 0 spiro atoms. The van der Waals surface area contributed by atoms with E-state index in [1.165, 1.54) is 55.8 Å². The molecule has 380 valence electrons. The van der Waals surface area contributed by atoms with E-state index in [2.05, 4.69) is 45.9 Å². The SMILES string of the molecule is NCCCC[C@@](N)(C(=O)Nc1ccc(C(c2ccc(NC(=O)[C@](N)(CCCCN)C(=O)c3cnccn3)cc2)c2ccc(NC(=O)[C@](N)(CCCCN)C(=O)c3cnccn3)cc2)cc1)C(=O)c1cnccn1. The van der Waals surface area contributed by atoms with Gasteiger partial charge in [0.25, 0.3) is 17.7 Å². The summed E-state index contributed by atoms with van der Waals surface area (Å²) in [6.07, 6.45) is 14.9. The molecule has 0 radical (unpaired) electrons. The van der Waals surface area contributed by atoms with Gasteiger partial charge in [-0.3, -0.25) is 43.7 Å². The summed E-state index contributed by atoms with van der Waals surface area (Å²) < 4.78 is 0. The van der Waals surface area contributed by atoms with E-state index in [9.17, 15) is 28.8 Å². The zero-order valence-corrected chi connectivity index (χ0v) is 40.3. The number of hydrogen-bond donors (Lipinski definition) is 9. The molecule has 3 amide bonds. The number of nitrogens with two attached hydrogens (primary N) is 6. The number of carbonyl (C=O) groups is 6. The number of hydrogen-bond acceptors (Lipinski definition) is 18. The fourth-order valence-corrected chi connectivity index (χ4v) is 8.15. The van der Waals surface area contributed by atoms with Gasteiger partial charge in [0.05, 0.1) is 18.6 Å². The molecule has 3 atom stereocenters. The fourth-order valence-electron chi connectivity index (χ4n) is 8.15. The Hall–Kier alpha value is -7.92. The highest BCUT2D eigenvalue weighted by molar-refractivity contribution is 6.22. The molecule has 0 saturated carbocycles. The Kier molecular flexibility index (Phi) is 19.0. The van der Waals surface area contributed by atoms with Crippen molar-refractivity contribution in [2.24, 2.45) is 34.4 Å². The van der Waals surface area contributed by atoms with Gasteiger partial charge in [0.1, 0.15) is 17.1 Å². The second kappa shape index (κ2) is 25.5. The Morgan fingerprint density at radius 1 is 0.397 bits per heavy atom. The van der Waals surface area contributed by atoms with Gasteiger partial charge in [-0.05, 0) is 131 Å². The molecule has 15 N–H and O–H groups in total. The van der Waals surface area contributed by atoms with E-state index < -0.39 is 57.6 Å². The summed E-state index contributed by atoms with van der Waals surface area (Å²) in [6, 6.07) is 20.9. The van der Waals surface area contributed by atoms with E-state index in [-0.39, 0.29) is 36.3 Å². The van der Waals surface area contributed by atoms with Gasteiger partial charge in [0.2, 0.25) is 17.3 Å². The first kappa shape index (κ1) is 54.4. The zero-order valence-electron chi connectivity index (χ0n) is 40.3. The second-order valence-electron chi connectivity index (χ2n) is 17.6. The predicted octanol–water partition coefficient (Wildman–Crippen LogP) is 3.18. The van der Waals surface area contributed by atoms with Gasteiger partial charge in [0.15, 0.2) is 16.6 Å². The number of nitrogens with zero attached hydrogens (tertiary/aromatic N) is 6. The van der Waals surface area contributed by atoms with Gasteiger partial charge in [-0.15, -0.1) is 0 Å². The minimum absolute atomic E-state index is 0.00957. The lowest BCUT2D eigenvalue weighted by atomic mass is 9.84. The second-order valence-corrected chi connectivity index (χ2v) is 17.6. The highest BCUT2D eigenvalue weighted by atomic mass is 16.2. The highest BCUT2D eigenvalue weighted by Gasteiger charge is 2.45. The van der Waals surface area contributed by atoms with Gasteiger partial charge in [-0.2, -0.15) is 0 Å². The monoisotopic (exact) mass is 991 g/mol. The summed E-state index contributed by atoms with van der Waals surface area (Å²) in [7, 11) is 0. The molecular formula is C52H61N15O6. The standard InChI is InChI=1S/C52H61N15O6/c53-22-4-1-19-50(56,44(68)40-31-59-25-28-62-40)47(71)65-37-13-7-34(8-14-37)43(35-9-15-38(16-10-35)66-48(72)51(57,20-2-5-23-54)45(69)41-32-60-26-29-63-41)36-11-17-39(18-12-36)67-49(73)52(58,21-3-6-24-55)46(70)42-33-61-27-30-64-42/h7-18,25-33,43H,1-6,19-24,53-58H2,(H,65,71)(H,66,72)(H,67,73)/t50-,51-,52-/m0/s1. The molecule has 0 unspecified atom stereocenters. The number of rotatable bonds is 27. The van der Waals surface area contributed by atoms with Crippen LogP contribution in [0.1, 0.15) is 112 Å². The lowest BCUT2D eigenvalue weighted by molar-refractivity contribution is -0.120. The molecule has 6 rings (SSSR count). The molecule has 21 nitrogen and oxygen atoms in total. The third kappa shape index (κ3) is 13.3. The van der Waals surface area contributed by atoms with E-state index in [1.54, 1.807) is 72.8 Å². The van der Waals surface area contributed by atoms with Crippen LogP contribution in [-0.2, 0) is 14.4 Å². The number of unbranched alkanes of at least 4 members (excludes halogenated alkanes) is 3. The topological polar surface area (TPSA) is 372 Å². The molecule has 3 aromatic heterocycles. The van der Waals surface area contributed by atoms with Crippen molar-refractivity contribution in [3.63, 3.8) is 0 Å². The first-order valence-electron chi connectivity index (χ1n) is 23.8. The van der Waals surface area contributed by atoms with E-state index in [1.807, 2.05) is 0 Å². The zero-order chi connectivity index (χ0) is 52.4. The lowest BCUT2D eigenvalue weighted by Gasteiger charge is -2.27. The quantitative estimate of drug-likeness (QED) is 0.0155. The molecule has 0 aliphatic heterocycles. The van der Waals surface area contributed by atoms with Crippen LogP contribution in [0.3, 0.4) is 0 Å². The average molecular weight is 992 g/mol. The van der Waals surface area contributed by atoms with Crippen molar-refractivity contribution in [1.82, 2.24) is 29.9 Å². The van der Waals surface area contributed by atoms with Crippen LogP contribution >= 0.6 is 0 Å². The summed E-state index contributed by atoms with van der Waals surface area (Å²) in [4.78, 5) is 107. The van der Waals surface area contributed by atoms with Gasteiger partial charge in [-0.25, -0.2) is 15.0 Å². The van der Waals surface area contributed by atoms with Crippen LogP contribution in [0, 0.1) is 0 Å². The van der Waals surface area contributed by atoms with Crippen molar-refractivity contribution in [2.75, 3.05) is 35.6 Å². The molecule has 3 aromatic carbocycles. The van der Waals surface area contributed by atoms with Crippen molar-refractivity contribution in [2.45, 2.75) is 80.3 Å². The van der Waals surface area contributed by atoms with E-state index in [4.69, 9.17) is 34.4 Å². The smallest absolute Gasteiger partial charge is 0.252 e. The minimum Gasteiger partial charge on any atom is -0.330 e. The maximum atomic E-state index is 13.9. The maximum Gasteiger partial charge on any atom is 0.252 e. The average Bonchev–Trinajstić information content (AvgIpc) is 3.42. The van der Waals surface area contributed by atoms with Crippen molar-refractivity contribution >= 4 is 52.1 Å². The molecule has 3 heterocycles. The van der Waals surface area contributed by atoms with E-state index in [0.717, 1.165) is 16.7 Å². The van der Waals surface area contributed by atoms with Crippen molar-refractivity contribution in [1.29, 1.82) is 0 Å². The van der Waals surface area contributed by atoms with Crippen LogP contribution in [0.25, 0.3) is 0 Å². The fraction of sp³-hybridized carbons (Fsp3) is 0.308. The summed E-state index contributed by atoms with van der Waals surface area (Å²) in [6.45, 7) is 1.04. The largest absolute Gasteiger partial charge is 0.330 e. The molecule has 0 bridgehead atoms.